The Morgan fingerprint density at radius 1 is 1.10 bits per heavy atom. The summed E-state index contributed by atoms with van der Waals surface area (Å²) in [5.41, 5.74) is 3.11. The number of nitrogens with zero attached hydrogens (tertiary/aromatic N) is 2. The Balaban J connectivity index is 1.69. The standard InChI is InChI=1S/C15H15N3O2/c1-10-3-5-12(6-4-10)16-9-14-17-15(18-20-14)13-7-8-19-11(13)2/h3-8,16H,9H2,1-2H3. The maximum absolute atomic E-state index is 5.23. The normalized spacial score (nSPS) is 10.7. The molecule has 1 N–H and O–H groups in total. The summed E-state index contributed by atoms with van der Waals surface area (Å²) in [4.78, 5) is 4.35. The van der Waals surface area contributed by atoms with E-state index >= 15 is 0 Å². The number of nitrogens with one attached hydrogen (secondary N) is 1. The number of aromatic nitrogens is 2. The van der Waals surface area contributed by atoms with Crippen molar-refractivity contribution in [2.24, 2.45) is 0 Å². The third-order valence-electron chi connectivity index (χ3n) is 3.06. The van der Waals surface area contributed by atoms with E-state index in [9.17, 15) is 0 Å². The van der Waals surface area contributed by atoms with Crippen molar-refractivity contribution in [3.05, 3.63) is 53.8 Å². The van der Waals surface area contributed by atoms with Crippen molar-refractivity contribution in [2.75, 3.05) is 5.32 Å². The van der Waals surface area contributed by atoms with E-state index in [-0.39, 0.29) is 0 Å². The smallest absolute Gasteiger partial charge is 0.246 e. The molecule has 0 spiro atoms. The molecule has 0 fully saturated rings. The van der Waals surface area contributed by atoms with Gasteiger partial charge in [-0.25, -0.2) is 0 Å². The molecule has 3 rings (SSSR count). The molecular weight excluding hydrogens is 254 g/mol. The van der Waals surface area contributed by atoms with Gasteiger partial charge in [-0.15, -0.1) is 0 Å². The van der Waals surface area contributed by atoms with Gasteiger partial charge in [-0.2, -0.15) is 4.98 Å². The number of rotatable bonds is 4. The summed E-state index contributed by atoms with van der Waals surface area (Å²) in [6, 6.07) is 9.98. The number of hydrogen-bond acceptors (Lipinski definition) is 5. The van der Waals surface area contributed by atoms with Crippen LogP contribution in [0.25, 0.3) is 11.4 Å². The molecule has 2 aromatic heterocycles. The fourth-order valence-electron chi connectivity index (χ4n) is 1.90. The van der Waals surface area contributed by atoms with E-state index in [1.54, 1.807) is 6.26 Å². The highest BCUT2D eigenvalue weighted by molar-refractivity contribution is 5.56. The molecule has 0 aliphatic rings. The van der Waals surface area contributed by atoms with Crippen LogP contribution in [-0.4, -0.2) is 10.1 Å². The predicted molar refractivity (Wildman–Crippen MR) is 75.2 cm³/mol. The van der Waals surface area contributed by atoms with E-state index in [0.29, 0.717) is 18.3 Å². The van der Waals surface area contributed by atoms with Gasteiger partial charge in [-0.05, 0) is 32.0 Å². The quantitative estimate of drug-likeness (QED) is 0.784. The van der Waals surface area contributed by atoms with Crippen LogP contribution in [0.5, 0.6) is 0 Å². The molecule has 102 valence electrons. The molecule has 1 aromatic carbocycles. The molecule has 0 unspecified atom stereocenters. The van der Waals surface area contributed by atoms with Crippen LogP contribution in [0, 0.1) is 13.8 Å². The number of benzene rings is 1. The third-order valence-corrected chi connectivity index (χ3v) is 3.06. The first kappa shape index (κ1) is 12.5. The van der Waals surface area contributed by atoms with E-state index in [1.165, 1.54) is 5.56 Å². The van der Waals surface area contributed by atoms with E-state index in [2.05, 4.69) is 34.5 Å². The number of anilines is 1. The molecule has 0 atom stereocenters. The monoisotopic (exact) mass is 269 g/mol. The van der Waals surface area contributed by atoms with E-state index in [4.69, 9.17) is 8.94 Å². The average Bonchev–Trinajstić information content (AvgIpc) is 3.06. The first-order valence-electron chi connectivity index (χ1n) is 6.40. The molecule has 20 heavy (non-hydrogen) atoms. The van der Waals surface area contributed by atoms with Gasteiger partial charge in [0.25, 0.3) is 0 Å². The van der Waals surface area contributed by atoms with Gasteiger partial charge in [-0.1, -0.05) is 22.9 Å². The second-order valence-corrected chi connectivity index (χ2v) is 4.62. The van der Waals surface area contributed by atoms with E-state index in [0.717, 1.165) is 17.0 Å². The van der Waals surface area contributed by atoms with Crippen LogP contribution in [0.15, 0.2) is 45.5 Å². The topological polar surface area (TPSA) is 64.1 Å². The van der Waals surface area contributed by atoms with Crippen LogP contribution in [0.1, 0.15) is 17.2 Å². The third kappa shape index (κ3) is 2.56. The minimum absolute atomic E-state index is 0.493. The van der Waals surface area contributed by atoms with Gasteiger partial charge >= 0.3 is 0 Å². The lowest BCUT2D eigenvalue weighted by atomic mass is 10.2. The Bertz CT molecular complexity index is 698. The first-order chi connectivity index (χ1) is 9.72. The number of furan rings is 1. The minimum atomic E-state index is 0.493. The molecule has 5 heteroatoms. The Labute approximate surface area is 116 Å². The Hall–Kier alpha value is -2.56. The Morgan fingerprint density at radius 3 is 2.60 bits per heavy atom. The van der Waals surface area contributed by atoms with Crippen molar-refractivity contribution < 1.29 is 8.94 Å². The maximum Gasteiger partial charge on any atom is 0.246 e. The lowest BCUT2D eigenvalue weighted by Crippen LogP contribution is -1.99. The van der Waals surface area contributed by atoms with Crippen molar-refractivity contribution in [2.45, 2.75) is 20.4 Å². The highest BCUT2D eigenvalue weighted by Gasteiger charge is 2.12. The fraction of sp³-hybridized carbons (Fsp3) is 0.200. The van der Waals surface area contributed by atoms with Crippen LogP contribution in [-0.2, 0) is 6.54 Å². The van der Waals surface area contributed by atoms with E-state index in [1.807, 2.05) is 25.1 Å². The molecule has 0 bridgehead atoms. The van der Waals surface area contributed by atoms with Gasteiger partial charge in [0, 0.05) is 5.69 Å². The van der Waals surface area contributed by atoms with Crippen LogP contribution < -0.4 is 5.32 Å². The summed E-state index contributed by atoms with van der Waals surface area (Å²) in [5, 5.41) is 7.20. The molecule has 3 aromatic rings. The zero-order chi connectivity index (χ0) is 13.9. The van der Waals surface area contributed by atoms with Crippen LogP contribution in [0.4, 0.5) is 5.69 Å². The maximum atomic E-state index is 5.23. The second-order valence-electron chi connectivity index (χ2n) is 4.62. The highest BCUT2D eigenvalue weighted by Crippen LogP contribution is 2.21. The molecule has 2 heterocycles. The van der Waals surface area contributed by atoms with Crippen molar-refractivity contribution in [3.8, 4) is 11.4 Å². The summed E-state index contributed by atoms with van der Waals surface area (Å²) in [7, 11) is 0. The van der Waals surface area contributed by atoms with Crippen molar-refractivity contribution in [1.82, 2.24) is 10.1 Å². The Morgan fingerprint density at radius 2 is 1.90 bits per heavy atom. The SMILES string of the molecule is Cc1ccc(NCc2nc(-c3ccoc3C)no2)cc1. The number of hydrogen-bond donors (Lipinski definition) is 1. The molecule has 0 saturated heterocycles. The lowest BCUT2D eigenvalue weighted by molar-refractivity contribution is 0.384. The molecule has 5 nitrogen and oxygen atoms in total. The van der Waals surface area contributed by atoms with Crippen molar-refractivity contribution in [1.29, 1.82) is 0 Å². The number of aryl methyl sites for hydroxylation is 2. The minimum Gasteiger partial charge on any atom is -0.469 e. The fourth-order valence-corrected chi connectivity index (χ4v) is 1.90. The highest BCUT2D eigenvalue weighted by atomic mass is 16.5. The molecule has 0 aliphatic heterocycles. The summed E-state index contributed by atoms with van der Waals surface area (Å²) >= 11 is 0. The van der Waals surface area contributed by atoms with Crippen LogP contribution >= 0.6 is 0 Å². The van der Waals surface area contributed by atoms with Gasteiger partial charge in [0.2, 0.25) is 11.7 Å². The summed E-state index contributed by atoms with van der Waals surface area (Å²) in [5.74, 6) is 1.88. The van der Waals surface area contributed by atoms with Crippen molar-refractivity contribution in [3.63, 3.8) is 0 Å². The van der Waals surface area contributed by atoms with Gasteiger partial charge in [0.15, 0.2) is 0 Å². The zero-order valence-electron chi connectivity index (χ0n) is 11.4. The zero-order valence-corrected chi connectivity index (χ0v) is 11.4. The molecule has 0 amide bonds. The summed E-state index contributed by atoms with van der Waals surface area (Å²) < 4.78 is 10.5. The van der Waals surface area contributed by atoms with Crippen LogP contribution in [0.3, 0.4) is 0 Å². The Kier molecular flexibility index (Phi) is 3.25. The first-order valence-corrected chi connectivity index (χ1v) is 6.40. The van der Waals surface area contributed by atoms with Gasteiger partial charge < -0.3 is 14.3 Å². The molecule has 0 radical (unpaired) electrons. The molecule has 0 saturated carbocycles. The van der Waals surface area contributed by atoms with Gasteiger partial charge in [0.05, 0.1) is 18.4 Å². The van der Waals surface area contributed by atoms with Crippen LogP contribution in [0.2, 0.25) is 0 Å². The summed E-state index contributed by atoms with van der Waals surface area (Å²) in [6.07, 6.45) is 1.62. The average molecular weight is 269 g/mol. The van der Waals surface area contributed by atoms with Gasteiger partial charge in [-0.3, -0.25) is 0 Å². The molecular formula is C15H15N3O2. The van der Waals surface area contributed by atoms with Gasteiger partial charge in [0.1, 0.15) is 5.76 Å². The molecule has 0 aliphatic carbocycles. The largest absolute Gasteiger partial charge is 0.469 e. The lowest BCUT2D eigenvalue weighted by Gasteiger charge is -2.02. The predicted octanol–water partition coefficient (Wildman–Crippen LogP) is 3.56. The van der Waals surface area contributed by atoms with Crippen molar-refractivity contribution >= 4 is 5.69 Å². The summed E-state index contributed by atoms with van der Waals surface area (Å²) in [6.45, 7) is 4.42. The second kappa shape index (κ2) is 5.21. The van der Waals surface area contributed by atoms with E-state index < -0.39 is 0 Å².